The minimum atomic E-state index is -0.171. The topological polar surface area (TPSA) is 0 Å². The normalized spacial score (nSPS) is 8.15. The molecule has 0 saturated carbocycles. The Labute approximate surface area is 79.8 Å². The number of hydrogen-bond acceptors (Lipinski definition) is 0. The lowest BCUT2D eigenvalue weighted by atomic mass is 10.2. The number of hydrogen-bond donors (Lipinski definition) is 0. The second-order valence-corrected chi connectivity index (χ2v) is 2.75. The van der Waals surface area contributed by atoms with Gasteiger partial charge in [-0.1, -0.05) is 24.6 Å². The zero-order chi connectivity index (χ0) is 10.1. The summed E-state index contributed by atoms with van der Waals surface area (Å²) < 4.78 is 12.1. The summed E-state index contributed by atoms with van der Waals surface area (Å²) in [5, 5.41) is 0. The number of rotatable bonds is 1. The highest BCUT2D eigenvalue weighted by molar-refractivity contribution is 5.13. The van der Waals surface area contributed by atoms with Crippen molar-refractivity contribution in [3.05, 3.63) is 35.6 Å². The molecule has 0 aliphatic rings. The third kappa shape index (κ3) is 7.08. The molecule has 1 aromatic carbocycles. The second kappa shape index (κ2) is 7.36. The molecule has 0 bridgehead atoms. The van der Waals surface area contributed by atoms with Crippen molar-refractivity contribution in [2.24, 2.45) is 0 Å². The van der Waals surface area contributed by atoms with Crippen molar-refractivity contribution in [1.29, 1.82) is 0 Å². The van der Waals surface area contributed by atoms with E-state index in [1.54, 1.807) is 12.1 Å². The molecule has 0 heterocycles. The molecule has 70 valence electrons. The van der Waals surface area contributed by atoms with Gasteiger partial charge >= 0.3 is 0 Å². The van der Waals surface area contributed by atoms with Crippen LogP contribution in [0.1, 0.15) is 25.3 Å². The predicted octanol–water partition coefficient (Wildman–Crippen LogP) is 3.55. The molecule has 1 heteroatoms. The highest BCUT2D eigenvalue weighted by Crippen LogP contribution is 1.98. The van der Waals surface area contributed by atoms with Gasteiger partial charge in [-0.25, -0.2) is 4.39 Å². The van der Waals surface area contributed by atoms with Gasteiger partial charge in [0, 0.05) is 6.42 Å². The summed E-state index contributed by atoms with van der Waals surface area (Å²) in [5.74, 6) is 2.35. The molecule has 0 aliphatic heterocycles. The van der Waals surface area contributed by atoms with Gasteiger partial charge in [-0.2, -0.15) is 0 Å². The first-order valence-electron chi connectivity index (χ1n) is 4.36. The van der Waals surface area contributed by atoms with Crippen LogP contribution in [0.2, 0.25) is 0 Å². The van der Waals surface area contributed by atoms with Crippen LogP contribution in [-0.4, -0.2) is 0 Å². The first-order chi connectivity index (χ1) is 6.20. The highest BCUT2D eigenvalue weighted by atomic mass is 19.1. The fourth-order valence-electron chi connectivity index (χ4n) is 0.678. The molecule has 0 aromatic heterocycles. The first kappa shape index (κ1) is 11.7. The Hall–Kier alpha value is -1.29. The third-order valence-corrected chi connectivity index (χ3v) is 1.41. The average molecular weight is 178 g/mol. The number of halogens is 1. The Morgan fingerprint density at radius 3 is 2.08 bits per heavy atom. The van der Waals surface area contributed by atoms with Crippen molar-refractivity contribution in [2.45, 2.75) is 26.7 Å². The van der Waals surface area contributed by atoms with E-state index < -0.39 is 0 Å². The molecular formula is C12H15F. The van der Waals surface area contributed by atoms with Crippen LogP contribution in [0.3, 0.4) is 0 Å². The van der Waals surface area contributed by atoms with Crippen molar-refractivity contribution >= 4 is 0 Å². The molecule has 1 rings (SSSR count). The number of terminal acetylenes is 1. The fraction of sp³-hybridized carbons (Fsp3) is 0.333. The van der Waals surface area contributed by atoms with Gasteiger partial charge in [0.2, 0.25) is 0 Å². The molecule has 13 heavy (non-hydrogen) atoms. The van der Waals surface area contributed by atoms with Gasteiger partial charge in [0.25, 0.3) is 0 Å². The van der Waals surface area contributed by atoms with Crippen molar-refractivity contribution in [1.82, 2.24) is 0 Å². The van der Waals surface area contributed by atoms with Crippen LogP contribution in [0.25, 0.3) is 0 Å². The number of aryl methyl sites for hydroxylation is 1. The van der Waals surface area contributed by atoms with Crippen molar-refractivity contribution in [3.63, 3.8) is 0 Å². The Morgan fingerprint density at radius 2 is 1.85 bits per heavy atom. The smallest absolute Gasteiger partial charge is 0.123 e. The van der Waals surface area contributed by atoms with Crippen LogP contribution in [0.4, 0.5) is 4.39 Å². The van der Waals surface area contributed by atoms with Crippen molar-refractivity contribution in [2.75, 3.05) is 0 Å². The Bertz CT molecular complexity index is 232. The molecule has 0 aliphatic carbocycles. The maximum absolute atomic E-state index is 12.1. The number of unbranched alkanes of at least 4 members (excludes halogenated alkanes) is 1. The van der Waals surface area contributed by atoms with Crippen LogP contribution in [0.15, 0.2) is 24.3 Å². The fourth-order valence-corrected chi connectivity index (χ4v) is 0.678. The molecule has 0 spiro atoms. The first-order valence-corrected chi connectivity index (χ1v) is 4.36. The Morgan fingerprint density at radius 1 is 1.31 bits per heavy atom. The summed E-state index contributed by atoms with van der Waals surface area (Å²) >= 11 is 0. The lowest BCUT2D eigenvalue weighted by molar-refractivity contribution is 0.627. The summed E-state index contributed by atoms with van der Waals surface area (Å²) in [7, 11) is 0. The molecule has 0 fully saturated rings. The van der Waals surface area contributed by atoms with E-state index in [2.05, 4.69) is 12.8 Å². The lowest BCUT2D eigenvalue weighted by Gasteiger charge is -1.87. The van der Waals surface area contributed by atoms with E-state index in [0.717, 1.165) is 18.4 Å². The maximum Gasteiger partial charge on any atom is 0.123 e. The van der Waals surface area contributed by atoms with Gasteiger partial charge in [-0.15, -0.1) is 12.3 Å². The Balaban J connectivity index is 0.000000252. The molecule has 0 radical (unpaired) electrons. The van der Waals surface area contributed by atoms with Crippen molar-refractivity contribution < 1.29 is 4.39 Å². The van der Waals surface area contributed by atoms with Gasteiger partial charge < -0.3 is 0 Å². The summed E-state index contributed by atoms with van der Waals surface area (Å²) in [4.78, 5) is 0. The van der Waals surface area contributed by atoms with E-state index in [-0.39, 0.29) is 5.82 Å². The number of benzene rings is 1. The highest BCUT2D eigenvalue weighted by Gasteiger charge is 1.83. The zero-order valence-electron chi connectivity index (χ0n) is 8.18. The maximum atomic E-state index is 12.1. The predicted molar refractivity (Wildman–Crippen MR) is 54.9 cm³/mol. The van der Waals surface area contributed by atoms with Gasteiger partial charge in [0.1, 0.15) is 5.82 Å². The van der Waals surface area contributed by atoms with Crippen LogP contribution in [0.5, 0.6) is 0 Å². The van der Waals surface area contributed by atoms with E-state index in [1.807, 2.05) is 6.92 Å². The summed E-state index contributed by atoms with van der Waals surface area (Å²) in [6.45, 7) is 4.00. The second-order valence-electron chi connectivity index (χ2n) is 2.75. The molecule has 0 amide bonds. The van der Waals surface area contributed by atoms with Gasteiger partial charge in [0.15, 0.2) is 0 Å². The monoisotopic (exact) mass is 178 g/mol. The Kier molecular flexibility index (Phi) is 6.63. The molecule has 0 nitrogen and oxygen atoms in total. The zero-order valence-corrected chi connectivity index (χ0v) is 8.18. The average Bonchev–Trinajstić information content (AvgIpc) is 2.13. The third-order valence-electron chi connectivity index (χ3n) is 1.41. The largest absolute Gasteiger partial charge is 0.207 e. The molecule has 0 atom stereocenters. The quantitative estimate of drug-likeness (QED) is 0.577. The molecule has 0 saturated heterocycles. The minimum absolute atomic E-state index is 0.171. The SMILES string of the molecule is C#CCCC.Cc1ccc(F)cc1. The van der Waals surface area contributed by atoms with E-state index >= 15 is 0 Å². The van der Waals surface area contributed by atoms with Gasteiger partial charge in [-0.05, 0) is 25.5 Å². The van der Waals surface area contributed by atoms with E-state index in [0.29, 0.717) is 0 Å². The minimum Gasteiger partial charge on any atom is -0.207 e. The van der Waals surface area contributed by atoms with Crippen LogP contribution in [0, 0.1) is 25.1 Å². The van der Waals surface area contributed by atoms with E-state index in [4.69, 9.17) is 6.42 Å². The van der Waals surface area contributed by atoms with Gasteiger partial charge in [0.05, 0.1) is 0 Å². The van der Waals surface area contributed by atoms with Crippen LogP contribution < -0.4 is 0 Å². The molecule has 0 N–H and O–H groups in total. The molecule has 0 unspecified atom stereocenters. The molecule has 1 aromatic rings. The van der Waals surface area contributed by atoms with Gasteiger partial charge in [-0.3, -0.25) is 0 Å². The van der Waals surface area contributed by atoms with Crippen molar-refractivity contribution in [3.8, 4) is 12.3 Å². The standard InChI is InChI=1S/C7H7F.C5H8/c1-6-2-4-7(8)5-3-6;1-3-5-4-2/h2-5H,1H3;1H,4-5H2,2H3. The molecular weight excluding hydrogens is 163 g/mol. The summed E-state index contributed by atoms with van der Waals surface area (Å²) in [5.41, 5.74) is 1.09. The summed E-state index contributed by atoms with van der Waals surface area (Å²) in [6, 6.07) is 6.40. The van der Waals surface area contributed by atoms with E-state index in [1.165, 1.54) is 12.1 Å². The van der Waals surface area contributed by atoms with Crippen LogP contribution in [-0.2, 0) is 0 Å². The lowest BCUT2D eigenvalue weighted by Crippen LogP contribution is -1.71. The van der Waals surface area contributed by atoms with E-state index in [9.17, 15) is 4.39 Å². The summed E-state index contributed by atoms with van der Waals surface area (Å²) in [6.07, 6.45) is 6.91. The van der Waals surface area contributed by atoms with Crippen LogP contribution >= 0.6 is 0 Å².